The van der Waals surface area contributed by atoms with E-state index in [1.54, 1.807) is 12.2 Å². The molecule has 2 rings (SSSR count). The van der Waals surface area contributed by atoms with Gasteiger partial charge < -0.3 is 14.7 Å². The van der Waals surface area contributed by atoms with Crippen molar-refractivity contribution in [2.24, 2.45) is 22.4 Å². The Morgan fingerprint density at radius 3 is 2.72 bits per heavy atom. The molecule has 0 heterocycles. The minimum absolute atomic E-state index is 0.130. The van der Waals surface area contributed by atoms with Gasteiger partial charge in [-0.15, -0.1) is 0 Å². The van der Waals surface area contributed by atoms with E-state index in [1.807, 2.05) is 32.9 Å². The molecule has 2 aliphatic carbocycles. The van der Waals surface area contributed by atoms with Crippen LogP contribution in [0.15, 0.2) is 64.9 Å². The summed E-state index contributed by atoms with van der Waals surface area (Å²) in [5, 5.41) is 12.0. The number of esters is 1. The van der Waals surface area contributed by atoms with Gasteiger partial charge in [0, 0.05) is 30.1 Å². The highest BCUT2D eigenvalue weighted by atomic mass is 16.5. The van der Waals surface area contributed by atoms with Crippen LogP contribution in [0.25, 0.3) is 0 Å². The molecule has 5 atom stereocenters. The van der Waals surface area contributed by atoms with E-state index < -0.39 is 23.1 Å². The van der Waals surface area contributed by atoms with Gasteiger partial charge in [0.2, 0.25) is 0 Å². The molecule has 0 saturated heterocycles. The summed E-state index contributed by atoms with van der Waals surface area (Å²) >= 11 is 0. The smallest absolute Gasteiger partial charge is 0.331 e. The highest BCUT2D eigenvalue weighted by Gasteiger charge is 2.54. The maximum absolute atomic E-state index is 12.9. The van der Waals surface area contributed by atoms with E-state index in [0.717, 1.165) is 23.8 Å². The lowest BCUT2D eigenvalue weighted by atomic mass is 9.57. The molecule has 0 saturated carbocycles. The third kappa shape index (κ3) is 5.01. The number of ketones is 1. The molecule has 0 aliphatic heterocycles. The molecule has 6 heteroatoms. The van der Waals surface area contributed by atoms with Gasteiger partial charge in [0.15, 0.2) is 11.4 Å². The number of methoxy groups -OCH3 is 1. The van der Waals surface area contributed by atoms with Crippen LogP contribution in [0.2, 0.25) is 0 Å². The minimum atomic E-state index is -1.34. The molecule has 1 N–H and O–H groups in total. The lowest BCUT2D eigenvalue weighted by Crippen LogP contribution is -2.54. The fourth-order valence-electron chi connectivity index (χ4n) is 4.41. The third-order valence-corrected chi connectivity index (χ3v) is 6.93. The zero-order chi connectivity index (χ0) is 24.1. The summed E-state index contributed by atoms with van der Waals surface area (Å²) in [6.45, 7) is 14.1. The van der Waals surface area contributed by atoms with E-state index >= 15 is 0 Å². The van der Waals surface area contributed by atoms with Crippen LogP contribution >= 0.6 is 0 Å². The van der Waals surface area contributed by atoms with Crippen molar-refractivity contribution >= 4 is 18.0 Å². The second-order valence-electron chi connectivity index (χ2n) is 9.04. The van der Waals surface area contributed by atoms with Crippen LogP contribution in [-0.2, 0) is 19.1 Å². The van der Waals surface area contributed by atoms with Crippen LogP contribution in [0.3, 0.4) is 0 Å². The van der Waals surface area contributed by atoms with Crippen molar-refractivity contribution in [1.29, 1.82) is 0 Å². The lowest BCUT2D eigenvalue weighted by molar-refractivity contribution is -0.148. The molecule has 0 aromatic rings. The van der Waals surface area contributed by atoms with Crippen molar-refractivity contribution in [2.75, 3.05) is 7.11 Å². The van der Waals surface area contributed by atoms with Crippen LogP contribution in [-0.4, -0.2) is 42.0 Å². The number of ether oxygens (including phenoxy) is 2. The second kappa shape index (κ2) is 10.3. The van der Waals surface area contributed by atoms with Gasteiger partial charge in [-0.1, -0.05) is 69.7 Å². The number of fused-ring (bicyclic) bond motifs is 1. The molecule has 0 aromatic carbocycles. The molecule has 0 fully saturated rings. The van der Waals surface area contributed by atoms with E-state index in [9.17, 15) is 9.59 Å². The summed E-state index contributed by atoms with van der Waals surface area (Å²) < 4.78 is 11.4. The standard InChI is InChI=1S/C26H35NO5/c1-8-17(2)13-18(3)9-12-24(29)32-22-11-10-21-14-23(28)26(31-7,19(4)15-27-30)16-25(21,6)20(22)5/h9-15,17,20,22,30H,4,8,16H2,1-3,5-7H3/b12-9+,18-13+,27-15-/t17-,20-,22-,25+,26+/m0/s1. The highest BCUT2D eigenvalue weighted by Crippen LogP contribution is 2.52. The number of carbonyl (C=O) groups is 2. The van der Waals surface area contributed by atoms with Gasteiger partial charge >= 0.3 is 5.97 Å². The molecule has 0 radical (unpaired) electrons. The molecule has 2 aliphatic rings. The number of nitrogens with zero attached hydrogens (tertiary/aromatic N) is 1. The fraction of sp³-hybridized carbons (Fsp3) is 0.500. The normalized spacial score (nSPS) is 31.5. The quantitative estimate of drug-likeness (QED) is 0.144. The predicted molar refractivity (Wildman–Crippen MR) is 126 cm³/mol. The monoisotopic (exact) mass is 441 g/mol. The van der Waals surface area contributed by atoms with Crippen LogP contribution in [0.1, 0.15) is 47.5 Å². The fourth-order valence-corrected chi connectivity index (χ4v) is 4.41. The van der Waals surface area contributed by atoms with E-state index in [-0.39, 0.29) is 23.7 Å². The Morgan fingerprint density at radius 1 is 1.44 bits per heavy atom. The third-order valence-electron chi connectivity index (χ3n) is 6.93. The maximum Gasteiger partial charge on any atom is 0.331 e. The van der Waals surface area contributed by atoms with Gasteiger partial charge in [-0.2, -0.15) is 0 Å². The van der Waals surface area contributed by atoms with E-state index in [0.29, 0.717) is 5.92 Å². The number of hydrogen-bond acceptors (Lipinski definition) is 6. The first-order chi connectivity index (χ1) is 15.0. The average molecular weight is 442 g/mol. The number of carbonyl (C=O) groups excluding carboxylic acids is 2. The second-order valence-corrected chi connectivity index (χ2v) is 9.04. The molecule has 6 nitrogen and oxygen atoms in total. The summed E-state index contributed by atoms with van der Waals surface area (Å²) in [7, 11) is 1.44. The van der Waals surface area contributed by atoms with Gasteiger partial charge in [-0.3, -0.25) is 4.79 Å². The molecular weight excluding hydrogens is 406 g/mol. The Labute approximate surface area is 191 Å². The van der Waals surface area contributed by atoms with Crippen molar-refractivity contribution < 1.29 is 24.3 Å². The Bertz CT molecular complexity index is 909. The summed E-state index contributed by atoms with van der Waals surface area (Å²) in [6, 6.07) is 0. The van der Waals surface area contributed by atoms with Gasteiger partial charge in [-0.25, -0.2) is 4.79 Å². The van der Waals surface area contributed by atoms with Gasteiger partial charge in [-0.05, 0) is 37.0 Å². The van der Waals surface area contributed by atoms with Crippen molar-refractivity contribution in [1.82, 2.24) is 0 Å². The van der Waals surface area contributed by atoms with Crippen LogP contribution in [0.5, 0.6) is 0 Å². The summed E-state index contributed by atoms with van der Waals surface area (Å²) in [6.07, 6.45) is 12.6. The number of rotatable bonds is 8. The van der Waals surface area contributed by atoms with Crippen LogP contribution in [0, 0.1) is 17.3 Å². The molecule has 0 aromatic heterocycles. The van der Waals surface area contributed by atoms with Gasteiger partial charge in [0.05, 0.1) is 6.21 Å². The summed E-state index contributed by atoms with van der Waals surface area (Å²) in [4.78, 5) is 25.4. The van der Waals surface area contributed by atoms with Crippen LogP contribution < -0.4 is 0 Å². The van der Waals surface area contributed by atoms with E-state index in [2.05, 4.69) is 31.7 Å². The number of allylic oxidation sites excluding steroid dienone is 5. The largest absolute Gasteiger partial charge is 0.455 e. The van der Waals surface area contributed by atoms with Gasteiger partial charge in [0.1, 0.15) is 6.10 Å². The van der Waals surface area contributed by atoms with Crippen molar-refractivity contribution in [2.45, 2.75) is 59.2 Å². The lowest BCUT2D eigenvalue weighted by Gasteiger charge is -2.50. The van der Waals surface area contributed by atoms with Crippen LogP contribution in [0.4, 0.5) is 0 Å². The molecule has 0 unspecified atom stereocenters. The molecule has 0 bridgehead atoms. The maximum atomic E-state index is 12.9. The molecular formula is C26H35NO5. The summed E-state index contributed by atoms with van der Waals surface area (Å²) in [5.74, 6) is -0.352. The predicted octanol–water partition coefficient (Wildman–Crippen LogP) is 4.96. The zero-order valence-corrected chi connectivity index (χ0v) is 19.9. The number of oxime groups is 1. The Hall–Kier alpha value is -2.73. The van der Waals surface area contributed by atoms with E-state index in [4.69, 9.17) is 14.7 Å². The van der Waals surface area contributed by atoms with Crippen molar-refractivity contribution in [3.05, 3.63) is 59.8 Å². The first kappa shape index (κ1) is 25.5. The first-order valence-electron chi connectivity index (χ1n) is 11.0. The van der Waals surface area contributed by atoms with Gasteiger partial charge in [0.25, 0.3) is 0 Å². The molecule has 0 amide bonds. The highest BCUT2D eigenvalue weighted by molar-refractivity contribution is 6.06. The van der Waals surface area contributed by atoms with Crippen molar-refractivity contribution in [3.8, 4) is 0 Å². The molecule has 0 spiro atoms. The minimum Gasteiger partial charge on any atom is -0.455 e. The molecule has 174 valence electrons. The summed E-state index contributed by atoms with van der Waals surface area (Å²) in [5.41, 5.74) is 0.278. The average Bonchev–Trinajstić information content (AvgIpc) is 2.75. The zero-order valence-electron chi connectivity index (χ0n) is 19.9. The Balaban J connectivity index is 2.26. The van der Waals surface area contributed by atoms with Crippen molar-refractivity contribution in [3.63, 3.8) is 0 Å². The first-order valence-corrected chi connectivity index (χ1v) is 11.0. The molecule has 32 heavy (non-hydrogen) atoms. The SMILES string of the molecule is C=C(/C=N\O)[C@]1(OC)C[C@@]2(C)C(=CC1=O)C=C[C@H](OC(=O)/C=C/C(C)=C/[C@@H](C)CC)[C@@H]2C. The van der Waals surface area contributed by atoms with E-state index in [1.165, 1.54) is 13.2 Å². The number of hydrogen-bond donors (Lipinski definition) is 1. The Kier molecular flexibility index (Phi) is 8.18. The Morgan fingerprint density at radius 2 is 2.12 bits per heavy atom. The topological polar surface area (TPSA) is 85.2 Å².